The van der Waals surface area contributed by atoms with Gasteiger partial charge in [0.2, 0.25) is 0 Å². The Morgan fingerprint density at radius 3 is 2.41 bits per heavy atom. The van der Waals surface area contributed by atoms with Gasteiger partial charge in [-0.3, -0.25) is 4.79 Å². The molecule has 2 aromatic heterocycles. The third-order valence-corrected chi connectivity index (χ3v) is 5.91. The van der Waals surface area contributed by atoms with Gasteiger partial charge in [-0.15, -0.1) is 0 Å². The highest BCUT2D eigenvalue weighted by Crippen LogP contribution is 2.48. The van der Waals surface area contributed by atoms with E-state index in [1.54, 1.807) is 7.05 Å². The van der Waals surface area contributed by atoms with Gasteiger partial charge in [-0.1, -0.05) is 0 Å². The highest BCUT2D eigenvalue weighted by molar-refractivity contribution is 5.97. The first kappa shape index (κ1) is 26.4. The molecule has 0 unspecified atom stereocenters. The highest BCUT2D eigenvalue weighted by Gasteiger charge is 2.62. The Hall–Kier alpha value is -3.65. The van der Waals surface area contributed by atoms with Crippen molar-refractivity contribution in [2.24, 2.45) is 7.05 Å². The monoisotopic (exact) mass is 537 g/mol. The van der Waals surface area contributed by atoms with E-state index in [1.807, 2.05) is 0 Å². The number of halogens is 8. The van der Waals surface area contributed by atoms with Crippen LogP contribution in [0.15, 0.2) is 24.5 Å². The predicted molar refractivity (Wildman–Crippen MR) is 112 cm³/mol. The highest BCUT2D eigenvalue weighted by atomic mass is 19.4. The first-order chi connectivity index (χ1) is 17.1. The van der Waals surface area contributed by atoms with Gasteiger partial charge in [0.25, 0.3) is 5.91 Å². The van der Waals surface area contributed by atoms with Gasteiger partial charge in [-0.05, 0) is 37.5 Å². The normalized spacial score (nSPS) is 14.4. The van der Waals surface area contributed by atoms with Crippen molar-refractivity contribution in [3.8, 4) is 22.7 Å². The molecule has 0 bridgehead atoms. The summed E-state index contributed by atoms with van der Waals surface area (Å²) in [5, 5.41) is 6.88. The number of ether oxygens (including phenoxy) is 1. The number of rotatable bonds is 7. The molecule has 7 nitrogen and oxygen atoms in total. The van der Waals surface area contributed by atoms with E-state index >= 15 is 0 Å². The number of carbonyl (C=O) groups excluding carboxylic acids is 1. The van der Waals surface area contributed by atoms with Crippen LogP contribution in [0.1, 0.15) is 34.5 Å². The third-order valence-electron chi connectivity index (χ3n) is 5.91. The molecule has 200 valence electrons. The quantitative estimate of drug-likeness (QED) is 0.389. The van der Waals surface area contributed by atoms with Crippen molar-refractivity contribution >= 4 is 5.91 Å². The summed E-state index contributed by atoms with van der Waals surface area (Å²) in [6.07, 6.45) is -2.46. The largest absolute Gasteiger partial charge is 0.459 e. The smallest absolute Gasteiger partial charge is 0.428 e. The maximum atomic E-state index is 14.9. The topological polar surface area (TPSA) is 65.2 Å². The number of nitrogens with zero attached hydrogens (tertiary/aromatic N) is 5. The number of hydrogen-bond acceptors (Lipinski definition) is 4. The van der Waals surface area contributed by atoms with Crippen molar-refractivity contribution in [1.82, 2.24) is 24.5 Å². The lowest BCUT2D eigenvalue weighted by Gasteiger charge is -2.18. The van der Waals surface area contributed by atoms with Gasteiger partial charge in [0.05, 0.1) is 6.20 Å². The third kappa shape index (κ3) is 4.73. The molecule has 37 heavy (non-hydrogen) atoms. The summed E-state index contributed by atoms with van der Waals surface area (Å²) in [4.78, 5) is 14.4. The molecule has 2 heterocycles. The predicted octanol–water partition coefficient (Wildman–Crippen LogP) is 5.21. The lowest BCUT2D eigenvalue weighted by atomic mass is 10.00. The zero-order chi connectivity index (χ0) is 27.4. The maximum Gasteiger partial charge on any atom is 0.459 e. The summed E-state index contributed by atoms with van der Waals surface area (Å²) >= 11 is 0. The Morgan fingerprint density at radius 1 is 1.19 bits per heavy atom. The molecule has 1 saturated carbocycles. The van der Waals surface area contributed by atoms with E-state index in [1.165, 1.54) is 17.9 Å². The van der Waals surface area contributed by atoms with Crippen LogP contribution in [0.2, 0.25) is 0 Å². The summed E-state index contributed by atoms with van der Waals surface area (Å²) in [7, 11) is 2.53. The lowest BCUT2D eigenvalue weighted by Crippen LogP contribution is -2.34. The minimum Gasteiger partial charge on any atom is -0.428 e. The van der Waals surface area contributed by atoms with Crippen LogP contribution in [0.5, 0.6) is 5.75 Å². The Balaban J connectivity index is 1.80. The van der Waals surface area contributed by atoms with E-state index in [9.17, 15) is 39.9 Å². The number of alkyl halides is 7. The Bertz CT molecular complexity index is 1340. The summed E-state index contributed by atoms with van der Waals surface area (Å²) in [6.45, 7) is -2.23. The van der Waals surface area contributed by atoms with Crippen LogP contribution < -0.4 is 4.74 Å². The molecule has 15 heteroatoms. The summed E-state index contributed by atoms with van der Waals surface area (Å²) in [6, 6.07) is 2.44. The van der Waals surface area contributed by atoms with Crippen molar-refractivity contribution in [2.75, 3.05) is 7.05 Å². The first-order valence-electron chi connectivity index (χ1n) is 10.7. The molecular formula is C22H19F8N5O2. The number of aryl methyl sites for hydroxylation is 2. The Labute approximate surface area is 204 Å². The van der Waals surface area contributed by atoms with Crippen molar-refractivity contribution < 1.29 is 44.7 Å². The van der Waals surface area contributed by atoms with Gasteiger partial charge in [0.15, 0.2) is 17.3 Å². The number of hydrogen-bond donors (Lipinski definition) is 0. The van der Waals surface area contributed by atoms with Crippen molar-refractivity contribution in [3.63, 3.8) is 0 Å². The molecule has 1 aliphatic carbocycles. The molecule has 1 aliphatic rings. The second-order valence-electron chi connectivity index (χ2n) is 8.54. The molecular weight excluding hydrogens is 518 g/mol. The van der Waals surface area contributed by atoms with Crippen molar-refractivity contribution in [3.05, 3.63) is 47.2 Å². The summed E-state index contributed by atoms with van der Waals surface area (Å²) in [5.74, 6) is -9.11. The SMILES string of the molecule is Cc1cc(F)c(-c2cnn(-c3c(OC(F)F)c(C(F)(F)C(F)(F)F)nn3C)c2)cc1C(=O)N(C)C1CC1. The number of carbonyl (C=O) groups is 1. The fourth-order valence-corrected chi connectivity index (χ4v) is 3.80. The zero-order valence-corrected chi connectivity index (χ0v) is 19.5. The first-order valence-corrected chi connectivity index (χ1v) is 10.7. The molecule has 0 aliphatic heterocycles. The second-order valence-corrected chi connectivity index (χ2v) is 8.54. The lowest BCUT2D eigenvalue weighted by molar-refractivity contribution is -0.291. The molecule has 4 rings (SSSR count). The summed E-state index contributed by atoms with van der Waals surface area (Å²) in [5.41, 5.74) is -1.71. The summed E-state index contributed by atoms with van der Waals surface area (Å²) < 4.78 is 113. The molecule has 1 amide bonds. The van der Waals surface area contributed by atoms with Crippen LogP contribution in [-0.4, -0.2) is 56.2 Å². The molecule has 1 aromatic carbocycles. The van der Waals surface area contributed by atoms with E-state index in [2.05, 4.69) is 14.9 Å². The minimum absolute atomic E-state index is 0.0195. The average molecular weight is 537 g/mol. The second kappa shape index (κ2) is 9.03. The van der Waals surface area contributed by atoms with Gasteiger partial charge < -0.3 is 9.64 Å². The Morgan fingerprint density at radius 2 is 1.84 bits per heavy atom. The van der Waals surface area contributed by atoms with E-state index in [0.29, 0.717) is 14.9 Å². The van der Waals surface area contributed by atoms with E-state index in [0.717, 1.165) is 38.3 Å². The van der Waals surface area contributed by atoms with Crippen molar-refractivity contribution in [1.29, 1.82) is 0 Å². The van der Waals surface area contributed by atoms with Gasteiger partial charge in [0, 0.05) is 43.0 Å². The van der Waals surface area contributed by atoms with Gasteiger partial charge in [-0.2, -0.15) is 40.9 Å². The molecule has 3 aromatic rings. The standard InChI is InChI=1S/C22H19F8N5O2/c1-10-6-15(23)14(7-13(10)19(36)33(2)12-4-5-12)11-8-31-35(9-11)18-16(37-20(24)25)17(32-34(18)3)21(26,27)22(28,29)30/h6-9,12,20H,4-5H2,1-3H3. The van der Waals surface area contributed by atoms with Crippen LogP contribution in [0.3, 0.4) is 0 Å². The van der Waals surface area contributed by atoms with E-state index in [-0.39, 0.29) is 28.6 Å². The molecule has 0 spiro atoms. The van der Waals surface area contributed by atoms with Gasteiger partial charge in [0.1, 0.15) is 5.82 Å². The minimum atomic E-state index is -6.16. The van der Waals surface area contributed by atoms with Crippen molar-refractivity contribution in [2.45, 2.75) is 44.5 Å². The van der Waals surface area contributed by atoms with Crippen LogP contribution >= 0.6 is 0 Å². The fourth-order valence-electron chi connectivity index (χ4n) is 3.80. The van der Waals surface area contributed by atoms with Gasteiger partial charge in [-0.25, -0.2) is 13.8 Å². The van der Waals surface area contributed by atoms with Crippen LogP contribution in [-0.2, 0) is 13.0 Å². The van der Waals surface area contributed by atoms with Crippen LogP contribution in [0.4, 0.5) is 35.1 Å². The van der Waals surface area contributed by atoms with E-state index in [4.69, 9.17) is 0 Å². The fraction of sp³-hybridized carbons (Fsp3) is 0.409. The number of amides is 1. The maximum absolute atomic E-state index is 14.9. The molecule has 0 atom stereocenters. The zero-order valence-electron chi connectivity index (χ0n) is 19.5. The number of benzene rings is 1. The molecule has 0 N–H and O–H groups in total. The Kier molecular flexibility index (Phi) is 6.44. The van der Waals surface area contributed by atoms with Crippen LogP contribution in [0.25, 0.3) is 16.9 Å². The number of aromatic nitrogens is 4. The molecule has 0 saturated heterocycles. The van der Waals surface area contributed by atoms with Crippen LogP contribution in [0, 0.1) is 12.7 Å². The van der Waals surface area contributed by atoms with Gasteiger partial charge >= 0.3 is 18.7 Å². The average Bonchev–Trinajstić information content (AvgIpc) is 3.44. The molecule has 1 fully saturated rings. The van der Waals surface area contributed by atoms with E-state index < -0.39 is 41.8 Å². The molecule has 0 radical (unpaired) electrons.